The highest BCUT2D eigenvalue weighted by molar-refractivity contribution is 6.13. The van der Waals surface area contributed by atoms with Crippen molar-refractivity contribution < 1.29 is 0 Å². The normalized spacial score (nSPS) is 11.4. The monoisotopic (exact) mass is 1050 g/mol. The average Bonchev–Trinajstić information content (AvgIpc) is 3.54. The lowest BCUT2D eigenvalue weighted by Crippen LogP contribution is -2.10. The third-order valence-electron chi connectivity index (χ3n) is 16.1. The van der Waals surface area contributed by atoms with Gasteiger partial charge in [0.05, 0.1) is 22.1 Å². The molecule has 0 aliphatic carbocycles. The van der Waals surface area contributed by atoms with Gasteiger partial charge in [0.15, 0.2) is 0 Å². The molecule has 0 bridgehead atoms. The molecule has 0 aliphatic rings. The molecule has 0 saturated carbocycles. The summed E-state index contributed by atoms with van der Waals surface area (Å²) in [4.78, 5) is 4.75. The van der Waals surface area contributed by atoms with Gasteiger partial charge in [-0.05, 0) is 160 Å². The predicted octanol–water partition coefficient (Wildman–Crippen LogP) is 21.5. The Morgan fingerprint density at radius 3 is 0.829 bits per heavy atom. The molecule has 0 unspecified atom stereocenters. The molecule has 4 nitrogen and oxygen atoms in total. The molecule has 15 rings (SSSR count). The maximum absolute atomic E-state index is 2.47. The highest BCUT2D eigenvalue weighted by Gasteiger charge is 2.22. The Morgan fingerprint density at radius 1 is 0.171 bits per heavy atom. The van der Waals surface area contributed by atoms with Crippen LogP contribution in [0.5, 0.6) is 0 Å². The van der Waals surface area contributed by atoms with Crippen molar-refractivity contribution in [3.05, 3.63) is 328 Å². The number of hydrogen-bond donors (Lipinski definition) is 0. The molecule has 0 spiro atoms. The first-order chi connectivity index (χ1) is 40.7. The summed E-state index contributed by atoms with van der Waals surface area (Å²) in [6, 6.07) is 119. The quantitative estimate of drug-likeness (QED) is 0.121. The fraction of sp³-hybridized carbons (Fsp3) is 0. The number of fused-ring (bicyclic) bond motifs is 6. The molecule has 0 saturated heterocycles. The van der Waals surface area contributed by atoms with Gasteiger partial charge in [0.1, 0.15) is 0 Å². The van der Waals surface area contributed by atoms with Crippen molar-refractivity contribution in [2.24, 2.45) is 0 Å². The Hall–Kier alpha value is -10.9. The zero-order valence-corrected chi connectivity index (χ0v) is 45.0. The van der Waals surface area contributed by atoms with Crippen LogP contribution in [0.1, 0.15) is 0 Å². The van der Waals surface area contributed by atoms with E-state index in [0.29, 0.717) is 0 Å². The fourth-order valence-electron chi connectivity index (χ4n) is 12.2. The topological polar surface area (TPSA) is 16.3 Å². The van der Waals surface area contributed by atoms with E-state index in [-0.39, 0.29) is 0 Å². The van der Waals surface area contributed by atoms with Gasteiger partial charge in [-0.15, -0.1) is 0 Å². The van der Waals surface area contributed by atoms with Gasteiger partial charge in [0, 0.05) is 67.0 Å². The van der Waals surface area contributed by atoms with E-state index in [0.717, 1.165) is 67.6 Å². The molecule has 0 atom stereocenters. The second-order valence-corrected chi connectivity index (χ2v) is 21.0. The van der Waals surface area contributed by atoms with E-state index in [1.165, 1.54) is 66.1 Å². The van der Waals surface area contributed by atoms with Crippen molar-refractivity contribution in [2.45, 2.75) is 0 Å². The van der Waals surface area contributed by atoms with E-state index in [1.807, 2.05) is 0 Å². The minimum Gasteiger partial charge on any atom is -0.310 e. The van der Waals surface area contributed by atoms with Gasteiger partial charge < -0.3 is 18.9 Å². The fourth-order valence-corrected chi connectivity index (χ4v) is 12.2. The predicted molar refractivity (Wildman–Crippen MR) is 346 cm³/mol. The van der Waals surface area contributed by atoms with E-state index >= 15 is 0 Å². The molecular formula is C78H54N4. The number of aromatic nitrogens is 2. The zero-order chi connectivity index (χ0) is 54.3. The van der Waals surface area contributed by atoms with Crippen molar-refractivity contribution in [1.82, 2.24) is 9.13 Å². The standard InChI is InChI=1S/C78H54N4/c1-7-20-55(21-8-1)59-34-40-65(41-35-59)79(63-28-15-5-16-29-63)69-44-46-71-73-50-61(57-24-11-3-12-25-57)38-48-75(73)81(77(71)53-69)67-32-19-33-68(52-67)82-76-49-39-62(58-26-13-4-14-27-58)51-74(76)72-47-45-70(54-78(72)82)80(64-30-17-6-18-31-64)66-42-36-60(37-43-66)56-22-9-2-10-23-56/h1-54H. The van der Waals surface area contributed by atoms with Crippen LogP contribution >= 0.6 is 0 Å². The summed E-state index contributed by atoms with van der Waals surface area (Å²) in [5.41, 5.74) is 22.6. The van der Waals surface area contributed by atoms with E-state index in [4.69, 9.17) is 0 Å². The van der Waals surface area contributed by atoms with Crippen LogP contribution in [0.4, 0.5) is 34.1 Å². The average molecular weight is 1050 g/mol. The molecule has 0 amide bonds. The van der Waals surface area contributed by atoms with Crippen LogP contribution < -0.4 is 9.80 Å². The lowest BCUT2D eigenvalue weighted by molar-refractivity contribution is 1.13. The number of anilines is 6. The lowest BCUT2D eigenvalue weighted by atomic mass is 10.0. The minimum absolute atomic E-state index is 1.07. The number of para-hydroxylation sites is 2. The van der Waals surface area contributed by atoms with Crippen molar-refractivity contribution in [3.63, 3.8) is 0 Å². The smallest absolute Gasteiger partial charge is 0.0561 e. The summed E-state index contributed by atoms with van der Waals surface area (Å²) < 4.78 is 4.94. The van der Waals surface area contributed by atoms with Crippen molar-refractivity contribution in [2.75, 3.05) is 9.80 Å². The molecule has 13 aromatic carbocycles. The van der Waals surface area contributed by atoms with Gasteiger partial charge in [-0.1, -0.05) is 212 Å². The maximum atomic E-state index is 2.47. The Bertz CT molecular complexity index is 4440. The summed E-state index contributed by atoms with van der Waals surface area (Å²) in [5.74, 6) is 0. The van der Waals surface area contributed by atoms with E-state index < -0.39 is 0 Å². The van der Waals surface area contributed by atoms with Crippen LogP contribution in [0.2, 0.25) is 0 Å². The van der Waals surface area contributed by atoms with Crippen molar-refractivity contribution in [1.29, 1.82) is 0 Å². The SMILES string of the molecule is c1ccc(-c2ccc(N(c3ccccc3)c3ccc4c5cc(-c6ccccc6)ccc5n(-c5cccc(-n6c7ccc(-c8ccccc8)cc7c7ccc(N(c8ccccc8)c8ccc(-c9ccccc9)cc8)cc76)c5)c4c3)cc2)cc1. The molecule has 0 aliphatic heterocycles. The van der Waals surface area contributed by atoms with Crippen LogP contribution in [0.3, 0.4) is 0 Å². The first kappa shape index (κ1) is 48.2. The summed E-state index contributed by atoms with van der Waals surface area (Å²) in [7, 11) is 0. The third-order valence-corrected chi connectivity index (χ3v) is 16.1. The van der Waals surface area contributed by atoms with Gasteiger partial charge in [-0.25, -0.2) is 0 Å². The number of hydrogen-bond acceptors (Lipinski definition) is 2. The molecule has 15 aromatic rings. The van der Waals surface area contributed by atoms with Gasteiger partial charge in [0.2, 0.25) is 0 Å². The van der Waals surface area contributed by atoms with Gasteiger partial charge in [-0.2, -0.15) is 0 Å². The van der Waals surface area contributed by atoms with Gasteiger partial charge >= 0.3 is 0 Å². The zero-order valence-electron chi connectivity index (χ0n) is 45.0. The van der Waals surface area contributed by atoms with E-state index in [2.05, 4.69) is 347 Å². The summed E-state index contributed by atoms with van der Waals surface area (Å²) >= 11 is 0. The summed E-state index contributed by atoms with van der Waals surface area (Å²) in [5, 5.41) is 4.75. The van der Waals surface area contributed by atoms with Crippen molar-refractivity contribution in [3.8, 4) is 55.9 Å². The number of rotatable bonds is 12. The molecule has 386 valence electrons. The molecule has 2 heterocycles. The van der Waals surface area contributed by atoms with Crippen LogP contribution in [-0.4, -0.2) is 9.13 Å². The molecule has 2 aromatic heterocycles. The van der Waals surface area contributed by atoms with Crippen molar-refractivity contribution >= 4 is 77.7 Å². The van der Waals surface area contributed by atoms with Crippen LogP contribution in [0.25, 0.3) is 99.5 Å². The Morgan fingerprint density at radius 2 is 0.463 bits per heavy atom. The minimum atomic E-state index is 1.07. The first-order valence-electron chi connectivity index (χ1n) is 28.1. The second kappa shape index (κ2) is 20.7. The van der Waals surface area contributed by atoms with Crippen LogP contribution in [0, 0.1) is 0 Å². The third kappa shape index (κ3) is 8.76. The molecule has 4 heteroatoms. The maximum Gasteiger partial charge on any atom is 0.0561 e. The number of benzene rings is 13. The van der Waals surface area contributed by atoms with Gasteiger partial charge in [0.25, 0.3) is 0 Å². The van der Waals surface area contributed by atoms with Gasteiger partial charge in [-0.3, -0.25) is 0 Å². The Kier molecular flexibility index (Phi) is 12.2. The first-order valence-corrected chi connectivity index (χ1v) is 28.1. The molecule has 82 heavy (non-hydrogen) atoms. The molecular weight excluding hydrogens is 993 g/mol. The Labute approximate surface area is 477 Å². The van der Waals surface area contributed by atoms with E-state index in [1.54, 1.807) is 0 Å². The Balaban J connectivity index is 0.928. The van der Waals surface area contributed by atoms with Crippen LogP contribution in [-0.2, 0) is 0 Å². The second-order valence-electron chi connectivity index (χ2n) is 21.0. The highest BCUT2D eigenvalue weighted by atomic mass is 15.2. The summed E-state index contributed by atoms with van der Waals surface area (Å²) in [6.07, 6.45) is 0. The highest BCUT2D eigenvalue weighted by Crippen LogP contribution is 2.44. The van der Waals surface area contributed by atoms with Crippen LogP contribution in [0.15, 0.2) is 328 Å². The molecule has 0 radical (unpaired) electrons. The molecule has 0 N–H and O–H groups in total. The largest absolute Gasteiger partial charge is 0.310 e. The number of nitrogens with zero attached hydrogens (tertiary/aromatic N) is 4. The summed E-state index contributed by atoms with van der Waals surface area (Å²) in [6.45, 7) is 0. The van der Waals surface area contributed by atoms with E-state index in [9.17, 15) is 0 Å². The molecule has 0 fully saturated rings. The lowest BCUT2D eigenvalue weighted by Gasteiger charge is -2.26.